The molecule has 0 spiro atoms. The van der Waals surface area contributed by atoms with Crippen molar-refractivity contribution in [3.63, 3.8) is 0 Å². The van der Waals surface area contributed by atoms with Crippen molar-refractivity contribution in [3.8, 4) is 0 Å². The lowest BCUT2D eigenvalue weighted by Crippen LogP contribution is -2.35. The van der Waals surface area contributed by atoms with E-state index in [4.69, 9.17) is 28.4 Å². The number of methoxy groups -OCH3 is 2. The van der Waals surface area contributed by atoms with Crippen LogP contribution in [0.15, 0.2) is 58.8 Å². The van der Waals surface area contributed by atoms with Crippen LogP contribution in [0.3, 0.4) is 0 Å². The predicted octanol–water partition coefficient (Wildman–Crippen LogP) is 12.0. The van der Waals surface area contributed by atoms with E-state index in [9.17, 15) is 9.59 Å². The van der Waals surface area contributed by atoms with Crippen LogP contribution in [0.2, 0.25) is 0 Å². The smallest absolute Gasteiger partial charge is 0.252 e. The number of benzene rings is 2. The quantitative estimate of drug-likeness (QED) is 0.0478. The van der Waals surface area contributed by atoms with Gasteiger partial charge in [0.25, 0.3) is 11.8 Å². The minimum absolute atomic E-state index is 0.0115. The minimum atomic E-state index is -0.0773. The summed E-state index contributed by atoms with van der Waals surface area (Å²) in [6.45, 7) is 9.29. The van der Waals surface area contributed by atoms with Crippen molar-refractivity contribution in [2.45, 2.75) is 142 Å². The van der Waals surface area contributed by atoms with Crippen molar-refractivity contribution in [1.29, 1.82) is 0 Å². The molecular weight excluding hydrogens is 785 g/mol. The van der Waals surface area contributed by atoms with E-state index in [2.05, 4.69) is 24.1 Å². The molecule has 0 saturated carbocycles. The number of unbranched alkanes of at least 4 members (excludes halogenated alkanes) is 18. The molecule has 0 heterocycles. The van der Waals surface area contributed by atoms with Gasteiger partial charge in [0.1, 0.15) is 13.2 Å². The van der Waals surface area contributed by atoms with Crippen molar-refractivity contribution >= 4 is 34.6 Å². The molecule has 2 rings (SSSR count). The Labute approximate surface area is 375 Å². The predicted molar refractivity (Wildman–Crippen MR) is 252 cm³/mol. The molecular formula is C50H84N4O8. The van der Waals surface area contributed by atoms with E-state index in [1.165, 1.54) is 103 Å². The maximum atomic E-state index is 13.4. The zero-order valence-electron chi connectivity index (χ0n) is 39.3. The minimum Gasteiger partial charge on any atom is -0.382 e. The van der Waals surface area contributed by atoms with Crippen molar-refractivity contribution < 1.29 is 38.0 Å². The third-order valence-electron chi connectivity index (χ3n) is 10.7. The Morgan fingerprint density at radius 3 is 1.02 bits per heavy atom. The van der Waals surface area contributed by atoms with Crippen LogP contribution >= 0.6 is 0 Å². The first-order chi connectivity index (χ1) is 30.5. The van der Waals surface area contributed by atoms with Crippen LogP contribution in [0, 0.1) is 0 Å². The van der Waals surface area contributed by atoms with Crippen molar-refractivity contribution in [2.75, 3.05) is 103 Å². The summed E-state index contributed by atoms with van der Waals surface area (Å²) in [6.07, 6.45) is 24.6. The summed E-state index contributed by atoms with van der Waals surface area (Å²) in [5, 5.41) is 8.97. The summed E-state index contributed by atoms with van der Waals surface area (Å²) < 4.78 is 32.4. The number of nitrogens with zero attached hydrogens (tertiary/aromatic N) is 4. The number of hydrogen-bond acceptors (Lipinski definition) is 10. The molecule has 0 aromatic heterocycles. The molecule has 12 heteroatoms. The zero-order valence-corrected chi connectivity index (χ0v) is 39.3. The highest BCUT2D eigenvalue weighted by molar-refractivity contribution is 5.95. The molecule has 2 aromatic carbocycles. The number of carbonyl (C=O) groups excluding carboxylic acids is 2. The van der Waals surface area contributed by atoms with Gasteiger partial charge < -0.3 is 38.2 Å². The Kier molecular flexibility index (Phi) is 34.8. The maximum absolute atomic E-state index is 13.4. The Bertz CT molecular complexity index is 1270. The van der Waals surface area contributed by atoms with Crippen LogP contribution < -0.4 is 9.80 Å². The Hall–Kier alpha value is -3.26. The van der Waals surface area contributed by atoms with E-state index in [0.29, 0.717) is 77.3 Å². The SMILES string of the molecule is CCCCCCCCCCCCN(C(=O)COCCOCCOC)c1ccc(N=Nc2ccc(N(CCCCCCCCCCCC)C(=O)COCCOCCOC)cc2)cc1. The molecule has 0 aliphatic heterocycles. The summed E-state index contributed by atoms with van der Waals surface area (Å²) in [5.74, 6) is -0.155. The molecule has 0 bridgehead atoms. The molecule has 0 aliphatic rings. The lowest BCUT2D eigenvalue weighted by molar-refractivity contribution is -0.124. The fraction of sp³-hybridized carbons (Fsp3) is 0.720. The largest absolute Gasteiger partial charge is 0.382 e. The second kappa shape index (κ2) is 39.3. The molecule has 0 radical (unpaired) electrons. The van der Waals surface area contributed by atoms with E-state index in [1.807, 2.05) is 58.3 Å². The lowest BCUT2D eigenvalue weighted by Gasteiger charge is -2.23. The van der Waals surface area contributed by atoms with Crippen LogP contribution in [-0.2, 0) is 38.0 Å². The van der Waals surface area contributed by atoms with Crippen LogP contribution in [0.5, 0.6) is 0 Å². The van der Waals surface area contributed by atoms with E-state index >= 15 is 0 Å². The highest BCUT2D eigenvalue weighted by atomic mass is 16.5. The fourth-order valence-corrected chi connectivity index (χ4v) is 7.02. The van der Waals surface area contributed by atoms with Gasteiger partial charge in [-0.2, -0.15) is 10.2 Å². The Morgan fingerprint density at radius 1 is 0.403 bits per heavy atom. The number of ether oxygens (including phenoxy) is 6. The van der Waals surface area contributed by atoms with Gasteiger partial charge in [0.2, 0.25) is 0 Å². The van der Waals surface area contributed by atoms with Crippen LogP contribution in [-0.4, -0.2) is 105 Å². The molecule has 0 atom stereocenters. The number of carbonyl (C=O) groups is 2. The molecule has 0 fully saturated rings. The molecule has 2 amide bonds. The topological polar surface area (TPSA) is 121 Å². The van der Waals surface area contributed by atoms with Crippen molar-refractivity contribution in [3.05, 3.63) is 48.5 Å². The third-order valence-corrected chi connectivity index (χ3v) is 10.7. The highest BCUT2D eigenvalue weighted by Gasteiger charge is 2.17. The first-order valence-electron chi connectivity index (χ1n) is 24.0. The molecule has 352 valence electrons. The highest BCUT2D eigenvalue weighted by Crippen LogP contribution is 2.26. The molecule has 0 saturated heterocycles. The Morgan fingerprint density at radius 2 is 0.694 bits per heavy atom. The summed E-state index contributed by atoms with van der Waals surface area (Å²) >= 11 is 0. The van der Waals surface area contributed by atoms with Crippen LogP contribution in [0.4, 0.5) is 22.7 Å². The summed E-state index contributed by atoms with van der Waals surface area (Å²) in [4.78, 5) is 30.4. The summed E-state index contributed by atoms with van der Waals surface area (Å²) in [5.41, 5.74) is 2.97. The number of amides is 2. The molecule has 2 aromatic rings. The normalized spacial score (nSPS) is 11.5. The van der Waals surface area contributed by atoms with Gasteiger partial charge in [-0.25, -0.2) is 0 Å². The second-order valence-corrected chi connectivity index (χ2v) is 16.0. The number of anilines is 2. The van der Waals surface area contributed by atoms with Gasteiger partial charge in [-0.15, -0.1) is 0 Å². The van der Waals surface area contributed by atoms with Crippen molar-refractivity contribution in [1.82, 2.24) is 0 Å². The van der Waals surface area contributed by atoms with E-state index in [0.717, 1.165) is 37.1 Å². The number of rotatable bonds is 42. The van der Waals surface area contributed by atoms with Crippen molar-refractivity contribution in [2.24, 2.45) is 10.2 Å². The van der Waals surface area contributed by atoms with Gasteiger partial charge in [0.05, 0.1) is 64.2 Å². The van der Waals surface area contributed by atoms with Crippen LogP contribution in [0.25, 0.3) is 0 Å². The van der Waals surface area contributed by atoms with Gasteiger partial charge in [-0.1, -0.05) is 129 Å². The molecule has 0 N–H and O–H groups in total. The summed E-state index contributed by atoms with van der Waals surface area (Å²) in [6, 6.07) is 15.2. The number of azo groups is 1. The van der Waals surface area contributed by atoms with E-state index in [1.54, 1.807) is 14.2 Å². The monoisotopic (exact) mass is 869 g/mol. The van der Waals surface area contributed by atoms with Gasteiger partial charge in [-0.3, -0.25) is 9.59 Å². The van der Waals surface area contributed by atoms with Gasteiger partial charge in [0.15, 0.2) is 0 Å². The maximum Gasteiger partial charge on any atom is 0.252 e. The van der Waals surface area contributed by atoms with Gasteiger partial charge in [-0.05, 0) is 61.4 Å². The van der Waals surface area contributed by atoms with Gasteiger partial charge in [0, 0.05) is 38.7 Å². The van der Waals surface area contributed by atoms with Crippen LogP contribution in [0.1, 0.15) is 142 Å². The van der Waals surface area contributed by atoms with E-state index in [-0.39, 0.29) is 25.0 Å². The molecule has 0 unspecified atom stereocenters. The molecule has 12 nitrogen and oxygen atoms in total. The Balaban J connectivity index is 2.00. The number of hydrogen-bond donors (Lipinski definition) is 0. The van der Waals surface area contributed by atoms with E-state index < -0.39 is 0 Å². The van der Waals surface area contributed by atoms with Gasteiger partial charge >= 0.3 is 0 Å². The first kappa shape index (κ1) is 54.9. The first-order valence-corrected chi connectivity index (χ1v) is 24.0. The zero-order chi connectivity index (χ0) is 44.6. The average Bonchev–Trinajstić information content (AvgIpc) is 3.29. The average molecular weight is 869 g/mol. The third kappa shape index (κ3) is 27.7. The summed E-state index contributed by atoms with van der Waals surface area (Å²) in [7, 11) is 3.27. The standard InChI is InChI=1S/C50H84N4O8/c1-5-7-9-11-13-15-17-19-21-23-33-53(49(55)43-61-41-39-59-37-35-57-3)47-29-25-45(26-30-47)51-52-46-27-31-48(32-28-46)54(50(56)44-62-42-40-60-38-36-58-4)34-24-22-20-18-16-14-12-10-8-6-2/h25-32H,5-24,33-44H2,1-4H3. The molecule has 0 aliphatic carbocycles. The lowest BCUT2D eigenvalue weighted by atomic mass is 10.1. The second-order valence-electron chi connectivity index (χ2n) is 16.0. The fourth-order valence-electron chi connectivity index (χ4n) is 7.02. The molecule has 62 heavy (non-hydrogen) atoms.